The van der Waals surface area contributed by atoms with Crippen molar-refractivity contribution in [2.45, 2.75) is 32.5 Å². The summed E-state index contributed by atoms with van der Waals surface area (Å²) in [5.74, 6) is 1.15. The molecule has 2 aromatic rings. The minimum atomic E-state index is -0.234. The molecular weight excluding hydrogens is 387 g/mol. The highest BCUT2D eigenvalue weighted by atomic mass is 19.1. The maximum Gasteiger partial charge on any atom is 0.260 e. The van der Waals surface area contributed by atoms with Crippen LogP contribution in [-0.2, 0) is 11.3 Å². The van der Waals surface area contributed by atoms with E-state index in [0.717, 1.165) is 18.7 Å². The predicted molar refractivity (Wildman–Crippen MR) is 112 cm³/mol. The van der Waals surface area contributed by atoms with Gasteiger partial charge in [-0.25, -0.2) is 4.39 Å². The van der Waals surface area contributed by atoms with Gasteiger partial charge in [0.15, 0.2) is 18.1 Å². The molecule has 0 bridgehead atoms. The number of piperazine rings is 1. The summed E-state index contributed by atoms with van der Waals surface area (Å²) in [6.07, 6.45) is 0. The van der Waals surface area contributed by atoms with E-state index in [4.69, 9.17) is 14.2 Å². The standard InChI is InChI=1S/C23H29FN2O4/c1-16-13-26(17(2)12-25(16)14-18-8-10-19(24)11-9-18)22(27)15-30-23-20(28-3)6-5-7-21(23)29-4/h5-11,16-17H,12-15H2,1-4H3. The fourth-order valence-electron chi connectivity index (χ4n) is 3.77. The zero-order valence-electron chi connectivity index (χ0n) is 17.9. The Morgan fingerprint density at radius 2 is 1.63 bits per heavy atom. The Kier molecular flexibility index (Phi) is 7.15. The van der Waals surface area contributed by atoms with Crippen molar-refractivity contribution in [1.29, 1.82) is 0 Å². The Bertz CT molecular complexity index is 837. The van der Waals surface area contributed by atoms with Crippen LogP contribution >= 0.6 is 0 Å². The van der Waals surface area contributed by atoms with E-state index in [2.05, 4.69) is 11.8 Å². The molecule has 0 N–H and O–H groups in total. The number of para-hydroxylation sites is 1. The Balaban J connectivity index is 1.61. The Morgan fingerprint density at radius 3 is 2.23 bits per heavy atom. The molecule has 0 saturated carbocycles. The van der Waals surface area contributed by atoms with E-state index < -0.39 is 0 Å². The molecule has 0 aliphatic carbocycles. The minimum absolute atomic E-state index is 0.0392. The summed E-state index contributed by atoms with van der Waals surface area (Å²) in [5.41, 5.74) is 1.06. The molecule has 0 aromatic heterocycles. The van der Waals surface area contributed by atoms with Crippen LogP contribution in [0, 0.1) is 5.82 Å². The maximum absolute atomic E-state index is 13.1. The zero-order chi connectivity index (χ0) is 21.7. The second-order valence-electron chi connectivity index (χ2n) is 7.58. The van der Waals surface area contributed by atoms with Crippen molar-refractivity contribution in [2.75, 3.05) is 33.9 Å². The molecule has 30 heavy (non-hydrogen) atoms. The van der Waals surface area contributed by atoms with Gasteiger partial charge in [-0.1, -0.05) is 18.2 Å². The largest absolute Gasteiger partial charge is 0.493 e. The number of hydrogen-bond acceptors (Lipinski definition) is 5. The third-order valence-electron chi connectivity index (χ3n) is 5.46. The van der Waals surface area contributed by atoms with Gasteiger partial charge in [0.05, 0.1) is 14.2 Å². The lowest BCUT2D eigenvalue weighted by Gasteiger charge is -2.44. The third-order valence-corrected chi connectivity index (χ3v) is 5.46. The van der Waals surface area contributed by atoms with Crippen LogP contribution in [0.4, 0.5) is 4.39 Å². The number of methoxy groups -OCH3 is 2. The second kappa shape index (κ2) is 9.80. The maximum atomic E-state index is 13.1. The van der Waals surface area contributed by atoms with Gasteiger partial charge < -0.3 is 19.1 Å². The number of nitrogens with zero attached hydrogens (tertiary/aromatic N) is 2. The van der Waals surface area contributed by atoms with Crippen LogP contribution in [0.5, 0.6) is 17.2 Å². The van der Waals surface area contributed by atoms with Gasteiger partial charge in [0.2, 0.25) is 5.75 Å². The van der Waals surface area contributed by atoms with Crippen molar-refractivity contribution in [3.8, 4) is 17.2 Å². The van der Waals surface area contributed by atoms with E-state index in [0.29, 0.717) is 23.8 Å². The molecule has 1 aliphatic heterocycles. The van der Waals surface area contributed by atoms with Gasteiger partial charge in [0.25, 0.3) is 5.91 Å². The van der Waals surface area contributed by atoms with Crippen molar-refractivity contribution in [3.05, 3.63) is 53.8 Å². The van der Waals surface area contributed by atoms with Crippen LogP contribution in [0.25, 0.3) is 0 Å². The summed E-state index contributed by atoms with van der Waals surface area (Å²) in [6, 6.07) is 12.1. The highest BCUT2D eigenvalue weighted by molar-refractivity contribution is 5.78. The van der Waals surface area contributed by atoms with Crippen molar-refractivity contribution in [1.82, 2.24) is 9.80 Å². The Hall–Kier alpha value is -2.80. The van der Waals surface area contributed by atoms with Crippen LogP contribution in [0.1, 0.15) is 19.4 Å². The van der Waals surface area contributed by atoms with Crippen LogP contribution in [0.3, 0.4) is 0 Å². The molecule has 1 fully saturated rings. The second-order valence-corrected chi connectivity index (χ2v) is 7.58. The first-order valence-corrected chi connectivity index (χ1v) is 10.0. The number of benzene rings is 2. The van der Waals surface area contributed by atoms with E-state index >= 15 is 0 Å². The molecule has 7 heteroatoms. The highest BCUT2D eigenvalue weighted by Crippen LogP contribution is 2.36. The van der Waals surface area contributed by atoms with E-state index in [9.17, 15) is 9.18 Å². The van der Waals surface area contributed by atoms with Crippen molar-refractivity contribution in [2.24, 2.45) is 0 Å². The lowest BCUT2D eigenvalue weighted by molar-refractivity contribution is -0.139. The van der Waals surface area contributed by atoms with Crippen molar-refractivity contribution >= 4 is 5.91 Å². The zero-order valence-corrected chi connectivity index (χ0v) is 17.9. The number of ether oxygens (including phenoxy) is 3. The van der Waals surface area contributed by atoms with Gasteiger partial charge in [-0.2, -0.15) is 0 Å². The predicted octanol–water partition coefficient (Wildman–Crippen LogP) is 3.34. The lowest BCUT2D eigenvalue weighted by Crippen LogP contribution is -2.58. The fraction of sp³-hybridized carbons (Fsp3) is 0.435. The van der Waals surface area contributed by atoms with E-state index in [-0.39, 0.29) is 30.4 Å². The van der Waals surface area contributed by atoms with Gasteiger partial charge in [-0.15, -0.1) is 0 Å². The third kappa shape index (κ3) is 5.02. The molecule has 1 saturated heterocycles. The average Bonchev–Trinajstić information content (AvgIpc) is 2.75. The van der Waals surface area contributed by atoms with Crippen LogP contribution in [0.2, 0.25) is 0 Å². The lowest BCUT2D eigenvalue weighted by atomic mass is 10.1. The smallest absolute Gasteiger partial charge is 0.260 e. The summed E-state index contributed by atoms with van der Waals surface area (Å²) < 4.78 is 29.6. The van der Waals surface area contributed by atoms with Crippen LogP contribution in [-0.4, -0.2) is 61.7 Å². The topological polar surface area (TPSA) is 51.2 Å². The van der Waals surface area contributed by atoms with Crippen molar-refractivity contribution < 1.29 is 23.4 Å². The summed E-state index contributed by atoms with van der Waals surface area (Å²) in [7, 11) is 3.10. The highest BCUT2D eigenvalue weighted by Gasteiger charge is 2.32. The van der Waals surface area contributed by atoms with Gasteiger partial charge in [0.1, 0.15) is 5.82 Å². The van der Waals surface area contributed by atoms with Crippen LogP contribution < -0.4 is 14.2 Å². The Morgan fingerprint density at radius 1 is 1.00 bits per heavy atom. The number of rotatable bonds is 7. The summed E-state index contributed by atoms with van der Waals surface area (Å²) in [5, 5.41) is 0. The number of hydrogen-bond donors (Lipinski definition) is 0. The fourth-order valence-corrected chi connectivity index (χ4v) is 3.77. The molecule has 3 rings (SSSR count). The van der Waals surface area contributed by atoms with Gasteiger partial charge in [-0.3, -0.25) is 9.69 Å². The van der Waals surface area contributed by atoms with Crippen LogP contribution in [0.15, 0.2) is 42.5 Å². The van der Waals surface area contributed by atoms with Gasteiger partial charge in [0, 0.05) is 31.7 Å². The first kappa shape index (κ1) is 21.9. The molecule has 2 aromatic carbocycles. The number of carbonyl (C=O) groups is 1. The SMILES string of the molecule is COc1cccc(OC)c1OCC(=O)N1CC(C)N(Cc2ccc(F)cc2)CC1C. The molecule has 1 heterocycles. The van der Waals surface area contributed by atoms with E-state index in [1.165, 1.54) is 12.1 Å². The number of amides is 1. The molecular formula is C23H29FN2O4. The molecule has 1 aliphatic rings. The number of halogens is 1. The van der Waals surface area contributed by atoms with Gasteiger partial charge >= 0.3 is 0 Å². The Labute approximate surface area is 177 Å². The summed E-state index contributed by atoms with van der Waals surface area (Å²) >= 11 is 0. The summed E-state index contributed by atoms with van der Waals surface area (Å²) in [4.78, 5) is 17.1. The van der Waals surface area contributed by atoms with Gasteiger partial charge in [-0.05, 0) is 43.7 Å². The monoisotopic (exact) mass is 416 g/mol. The summed E-state index contributed by atoms with van der Waals surface area (Å²) in [6.45, 7) is 6.11. The number of carbonyl (C=O) groups excluding carboxylic acids is 1. The molecule has 6 nitrogen and oxygen atoms in total. The molecule has 0 radical (unpaired) electrons. The average molecular weight is 416 g/mol. The molecule has 1 amide bonds. The quantitative estimate of drug-likeness (QED) is 0.693. The van der Waals surface area contributed by atoms with E-state index in [1.807, 2.05) is 11.8 Å². The normalized spacial score (nSPS) is 19.4. The molecule has 0 spiro atoms. The minimum Gasteiger partial charge on any atom is -0.493 e. The first-order chi connectivity index (χ1) is 14.4. The molecule has 2 unspecified atom stereocenters. The van der Waals surface area contributed by atoms with Crippen molar-refractivity contribution in [3.63, 3.8) is 0 Å². The molecule has 2 atom stereocenters. The molecule has 162 valence electrons. The van der Waals surface area contributed by atoms with E-state index in [1.54, 1.807) is 44.6 Å². The first-order valence-electron chi connectivity index (χ1n) is 10.0.